The molecule has 82 valence electrons. The van der Waals surface area contributed by atoms with E-state index in [0.717, 1.165) is 0 Å². The van der Waals surface area contributed by atoms with Gasteiger partial charge in [0.15, 0.2) is 0 Å². The lowest BCUT2D eigenvalue weighted by atomic mass is 10.3. The number of hydrogen-bond acceptors (Lipinski definition) is 4. The van der Waals surface area contributed by atoms with Crippen molar-refractivity contribution in [3.05, 3.63) is 34.5 Å². The van der Waals surface area contributed by atoms with Gasteiger partial charge in [0, 0.05) is 12.3 Å². The number of rotatable bonds is 2. The molecule has 8 heteroatoms. The van der Waals surface area contributed by atoms with Gasteiger partial charge in [-0.25, -0.2) is 9.97 Å². The summed E-state index contributed by atoms with van der Waals surface area (Å²) < 4.78 is 0. The third-order valence-electron chi connectivity index (χ3n) is 1.67. The van der Waals surface area contributed by atoms with E-state index in [0.29, 0.717) is 5.56 Å². The largest absolute Gasteiger partial charge is 0.306 e. The summed E-state index contributed by atoms with van der Waals surface area (Å²) in [5.41, 5.74) is 0.380. The number of amides is 1. The number of aromatic amines is 1. The summed E-state index contributed by atoms with van der Waals surface area (Å²) in [5.74, 6) is -0.129. The average molecular weight is 258 g/mol. The number of carbonyl (C=O) groups excluding carboxylic acids is 1. The minimum Gasteiger partial charge on any atom is -0.306 e. The zero-order valence-corrected chi connectivity index (χ0v) is 9.25. The monoisotopic (exact) mass is 257 g/mol. The molecule has 2 heterocycles. The van der Waals surface area contributed by atoms with Crippen LogP contribution in [0.15, 0.2) is 18.5 Å². The molecular formula is C8H5Cl2N5O. The van der Waals surface area contributed by atoms with Crippen LogP contribution >= 0.6 is 23.2 Å². The molecule has 0 aliphatic heterocycles. The lowest BCUT2D eigenvalue weighted by Gasteiger charge is -2.02. The van der Waals surface area contributed by atoms with E-state index >= 15 is 0 Å². The summed E-state index contributed by atoms with van der Waals surface area (Å²) in [4.78, 5) is 19.0. The molecule has 0 fully saturated rings. The second-order valence-corrected chi connectivity index (χ2v) is 3.51. The van der Waals surface area contributed by atoms with Crippen molar-refractivity contribution in [3.8, 4) is 0 Å². The fourth-order valence-corrected chi connectivity index (χ4v) is 1.43. The van der Waals surface area contributed by atoms with E-state index in [9.17, 15) is 4.79 Å². The van der Waals surface area contributed by atoms with E-state index in [4.69, 9.17) is 23.2 Å². The topological polar surface area (TPSA) is 83.6 Å². The smallest absolute Gasteiger partial charge is 0.259 e. The Bertz CT molecular complexity index is 493. The number of nitrogens with one attached hydrogen (secondary N) is 2. The second kappa shape index (κ2) is 4.46. The van der Waals surface area contributed by atoms with Crippen molar-refractivity contribution in [3.63, 3.8) is 0 Å². The van der Waals surface area contributed by atoms with Crippen molar-refractivity contribution < 1.29 is 4.79 Å². The predicted molar refractivity (Wildman–Crippen MR) is 58.6 cm³/mol. The van der Waals surface area contributed by atoms with Gasteiger partial charge in [-0.15, -0.1) is 0 Å². The third kappa shape index (κ3) is 2.47. The van der Waals surface area contributed by atoms with Crippen LogP contribution in [0.2, 0.25) is 10.4 Å². The van der Waals surface area contributed by atoms with Gasteiger partial charge in [0.2, 0.25) is 5.28 Å². The summed E-state index contributed by atoms with van der Waals surface area (Å²) in [5, 5.41) is 8.80. The SMILES string of the molecule is O=C(Nc1cc(Cl)nc(Cl)n1)c1cn[nH]c1. The Morgan fingerprint density at radius 3 is 2.81 bits per heavy atom. The van der Waals surface area contributed by atoms with E-state index in [2.05, 4.69) is 25.5 Å². The molecule has 2 N–H and O–H groups in total. The van der Waals surface area contributed by atoms with Crippen LogP contribution in [-0.4, -0.2) is 26.1 Å². The van der Waals surface area contributed by atoms with E-state index in [1.807, 2.05) is 0 Å². The lowest BCUT2D eigenvalue weighted by molar-refractivity contribution is 0.102. The minimum atomic E-state index is -0.361. The van der Waals surface area contributed by atoms with Crippen molar-refractivity contribution >= 4 is 34.9 Å². The number of H-pyrrole nitrogens is 1. The van der Waals surface area contributed by atoms with Gasteiger partial charge in [0.05, 0.1) is 11.8 Å². The van der Waals surface area contributed by atoms with E-state index < -0.39 is 0 Å². The number of nitrogens with zero attached hydrogens (tertiary/aromatic N) is 3. The number of hydrogen-bond donors (Lipinski definition) is 2. The molecular weight excluding hydrogens is 253 g/mol. The Labute approximate surface area is 100 Å². The van der Waals surface area contributed by atoms with E-state index in [1.165, 1.54) is 18.5 Å². The van der Waals surface area contributed by atoms with Gasteiger partial charge in [-0.2, -0.15) is 5.10 Å². The Morgan fingerprint density at radius 2 is 2.19 bits per heavy atom. The Kier molecular flexibility index (Phi) is 3.02. The van der Waals surface area contributed by atoms with Gasteiger partial charge < -0.3 is 5.32 Å². The Hall–Kier alpha value is -1.66. The summed E-state index contributed by atoms with van der Waals surface area (Å²) in [6.07, 6.45) is 2.85. The van der Waals surface area contributed by atoms with Crippen LogP contribution in [0.5, 0.6) is 0 Å². The zero-order chi connectivity index (χ0) is 11.5. The van der Waals surface area contributed by atoms with Crippen LogP contribution in [0, 0.1) is 0 Å². The maximum atomic E-state index is 11.6. The number of halogens is 2. The summed E-state index contributed by atoms with van der Waals surface area (Å²) in [6.45, 7) is 0. The fraction of sp³-hybridized carbons (Fsp3) is 0. The van der Waals surface area contributed by atoms with Crippen LogP contribution in [0.3, 0.4) is 0 Å². The van der Waals surface area contributed by atoms with Gasteiger partial charge in [0.1, 0.15) is 11.0 Å². The van der Waals surface area contributed by atoms with Crippen molar-refractivity contribution in [1.82, 2.24) is 20.2 Å². The molecule has 0 bridgehead atoms. The van der Waals surface area contributed by atoms with Gasteiger partial charge in [-0.3, -0.25) is 9.89 Å². The summed E-state index contributed by atoms with van der Waals surface area (Å²) >= 11 is 11.2. The molecule has 2 aromatic rings. The normalized spacial score (nSPS) is 10.1. The highest BCUT2D eigenvalue weighted by atomic mass is 35.5. The highest BCUT2D eigenvalue weighted by Crippen LogP contribution is 2.14. The first-order chi connectivity index (χ1) is 7.65. The van der Waals surface area contributed by atoms with Gasteiger partial charge >= 0.3 is 0 Å². The summed E-state index contributed by atoms with van der Waals surface area (Å²) in [7, 11) is 0. The second-order valence-electron chi connectivity index (χ2n) is 2.79. The standard InChI is InChI=1S/C8H5Cl2N5O/c9-5-1-6(15-8(10)13-5)14-7(16)4-2-11-12-3-4/h1-3H,(H,11,12)(H,13,14,15,16). The fourth-order valence-electron chi connectivity index (χ4n) is 1.02. The predicted octanol–water partition coefficient (Wildman–Crippen LogP) is 1.76. The number of aromatic nitrogens is 4. The van der Waals surface area contributed by atoms with Gasteiger partial charge in [-0.05, 0) is 11.6 Å². The molecule has 0 spiro atoms. The molecule has 0 aliphatic rings. The Morgan fingerprint density at radius 1 is 1.38 bits per heavy atom. The molecule has 0 atom stereocenters. The first kappa shape index (κ1) is 10.8. The molecule has 0 saturated carbocycles. The maximum absolute atomic E-state index is 11.6. The van der Waals surface area contributed by atoms with Crippen LogP contribution in [0.25, 0.3) is 0 Å². The zero-order valence-electron chi connectivity index (χ0n) is 7.74. The van der Waals surface area contributed by atoms with Gasteiger partial charge in [-0.1, -0.05) is 11.6 Å². The molecule has 0 saturated heterocycles. The lowest BCUT2D eigenvalue weighted by Crippen LogP contribution is -2.12. The molecule has 6 nitrogen and oxygen atoms in total. The third-order valence-corrected chi connectivity index (χ3v) is 2.03. The van der Waals surface area contributed by atoms with Crippen molar-refractivity contribution in [2.45, 2.75) is 0 Å². The molecule has 0 unspecified atom stereocenters. The summed E-state index contributed by atoms with van der Waals surface area (Å²) in [6, 6.07) is 1.39. The van der Waals surface area contributed by atoms with E-state index in [-0.39, 0.29) is 22.2 Å². The number of carbonyl (C=O) groups is 1. The van der Waals surface area contributed by atoms with Crippen LogP contribution in [0.4, 0.5) is 5.82 Å². The molecule has 1 amide bonds. The quantitative estimate of drug-likeness (QED) is 0.635. The molecule has 2 aromatic heterocycles. The van der Waals surface area contributed by atoms with Crippen molar-refractivity contribution in [1.29, 1.82) is 0 Å². The first-order valence-electron chi connectivity index (χ1n) is 4.15. The average Bonchev–Trinajstić information content (AvgIpc) is 2.68. The highest BCUT2D eigenvalue weighted by molar-refractivity contribution is 6.32. The molecule has 0 radical (unpaired) electrons. The van der Waals surface area contributed by atoms with E-state index in [1.54, 1.807) is 0 Å². The Balaban J connectivity index is 2.18. The van der Waals surface area contributed by atoms with Crippen LogP contribution in [-0.2, 0) is 0 Å². The molecule has 0 aromatic carbocycles. The molecule has 0 aliphatic carbocycles. The maximum Gasteiger partial charge on any atom is 0.259 e. The van der Waals surface area contributed by atoms with Crippen molar-refractivity contribution in [2.75, 3.05) is 5.32 Å². The van der Waals surface area contributed by atoms with Crippen molar-refractivity contribution in [2.24, 2.45) is 0 Å². The minimum absolute atomic E-state index is 0.0324. The van der Waals surface area contributed by atoms with Crippen LogP contribution in [0.1, 0.15) is 10.4 Å². The van der Waals surface area contributed by atoms with Crippen LogP contribution < -0.4 is 5.32 Å². The number of anilines is 1. The first-order valence-corrected chi connectivity index (χ1v) is 4.91. The van der Waals surface area contributed by atoms with Gasteiger partial charge in [0.25, 0.3) is 5.91 Å². The molecule has 16 heavy (non-hydrogen) atoms. The molecule has 2 rings (SSSR count). The highest BCUT2D eigenvalue weighted by Gasteiger charge is 2.09.